The lowest BCUT2D eigenvalue weighted by atomic mass is 10.3. The van der Waals surface area contributed by atoms with Crippen LogP contribution in [-0.2, 0) is 11.3 Å². The van der Waals surface area contributed by atoms with Gasteiger partial charge in [0.05, 0.1) is 12.2 Å². The van der Waals surface area contributed by atoms with E-state index >= 15 is 0 Å². The fraction of sp³-hybridized carbons (Fsp3) is 0.167. The number of carbonyl (C=O) groups excluding carboxylic acids is 1. The lowest BCUT2D eigenvalue weighted by Crippen LogP contribution is -2.28. The lowest BCUT2D eigenvalue weighted by molar-refractivity contribution is -0.123. The van der Waals surface area contributed by atoms with Crippen molar-refractivity contribution in [3.8, 4) is 16.3 Å². The van der Waals surface area contributed by atoms with Crippen LogP contribution in [0.25, 0.3) is 10.6 Å². The molecule has 2 aromatic heterocycles. The van der Waals surface area contributed by atoms with E-state index in [-0.39, 0.29) is 18.3 Å². The fourth-order valence-electron chi connectivity index (χ4n) is 2.11. The van der Waals surface area contributed by atoms with Crippen molar-refractivity contribution in [1.82, 2.24) is 15.3 Å². The van der Waals surface area contributed by atoms with Crippen molar-refractivity contribution in [2.24, 2.45) is 0 Å². The Kier molecular flexibility index (Phi) is 5.35. The van der Waals surface area contributed by atoms with Crippen molar-refractivity contribution in [2.75, 3.05) is 6.61 Å². The van der Waals surface area contributed by atoms with E-state index in [4.69, 9.17) is 4.74 Å². The number of hydrogen-bond donors (Lipinski definition) is 1. The Morgan fingerprint density at radius 1 is 1.28 bits per heavy atom. The number of nitrogens with zero attached hydrogens (tertiary/aromatic N) is 2. The van der Waals surface area contributed by atoms with Gasteiger partial charge in [0, 0.05) is 22.8 Å². The molecule has 0 radical (unpaired) electrons. The molecule has 0 atom stereocenters. The lowest BCUT2D eigenvalue weighted by Gasteiger charge is -2.07. The van der Waals surface area contributed by atoms with E-state index < -0.39 is 0 Å². The van der Waals surface area contributed by atoms with Gasteiger partial charge >= 0.3 is 0 Å². The summed E-state index contributed by atoms with van der Waals surface area (Å²) in [6.07, 6.45) is 3.48. The first-order valence-electron chi connectivity index (χ1n) is 7.63. The summed E-state index contributed by atoms with van der Waals surface area (Å²) in [5, 5.41) is 3.68. The number of pyridine rings is 1. The van der Waals surface area contributed by atoms with Gasteiger partial charge < -0.3 is 10.1 Å². The van der Waals surface area contributed by atoms with Crippen LogP contribution in [0.15, 0.2) is 48.8 Å². The summed E-state index contributed by atoms with van der Waals surface area (Å²) in [6, 6.07) is 9.35. The molecule has 1 aromatic carbocycles. The summed E-state index contributed by atoms with van der Waals surface area (Å²) < 4.78 is 18.1. The van der Waals surface area contributed by atoms with Crippen molar-refractivity contribution < 1.29 is 13.9 Å². The van der Waals surface area contributed by atoms with Crippen LogP contribution in [0.2, 0.25) is 0 Å². The van der Waals surface area contributed by atoms with Crippen LogP contribution in [0.5, 0.6) is 5.75 Å². The first kappa shape index (κ1) is 17.0. The van der Waals surface area contributed by atoms with Gasteiger partial charge in [-0.2, -0.15) is 0 Å². The molecule has 3 rings (SSSR count). The zero-order valence-electron chi connectivity index (χ0n) is 13.5. The minimum absolute atomic E-state index is 0.126. The highest BCUT2D eigenvalue weighted by molar-refractivity contribution is 7.15. The number of carbonyl (C=O) groups is 1. The van der Waals surface area contributed by atoms with E-state index in [1.165, 1.54) is 35.6 Å². The molecule has 7 heteroatoms. The third-order valence-electron chi connectivity index (χ3n) is 3.43. The van der Waals surface area contributed by atoms with Gasteiger partial charge in [0.15, 0.2) is 6.61 Å². The van der Waals surface area contributed by atoms with Crippen LogP contribution in [0.3, 0.4) is 0 Å². The van der Waals surface area contributed by atoms with Gasteiger partial charge in [-0.05, 0) is 43.3 Å². The van der Waals surface area contributed by atoms with E-state index in [1.807, 2.05) is 19.1 Å². The summed E-state index contributed by atoms with van der Waals surface area (Å²) in [5.41, 5.74) is 1.83. The highest BCUT2D eigenvalue weighted by Gasteiger charge is 2.11. The Labute approximate surface area is 148 Å². The van der Waals surface area contributed by atoms with Crippen LogP contribution >= 0.6 is 11.3 Å². The van der Waals surface area contributed by atoms with E-state index in [0.717, 1.165) is 21.1 Å². The molecule has 5 nitrogen and oxygen atoms in total. The summed E-state index contributed by atoms with van der Waals surface area (Å²) in [7, 11) is 0. The third kappa shape index (κ3) is 4.60. The quantitative estimate of drug-likeness (QED) is 0.735. The van der Waals surface area contributed by atoms with Gasteiger partial charge in [0.25, 0.3) is 5.91 Å². The molecular formula is C18H16FN3O2S. The number of rotatable bonds is 6. The van der Waals surface area contributed by atoms with Gasteiger partial charge in [0.2, 0.25) is 0 Å². The molecular weight excluding hydrogens is 341 g/mol. The summed E-state index contributed by atoms with van der Waals surface area (Å²) in [4.78, 5) is 21.5. The van der Waals surface area contributed by atoms with Crippen molar-refractivity contribution in [3.63, 3.8) is 0 Å². The predicted octanol–water partition coefficient (Wildman–Crippen LogP) is 3.35. The van der Waals surface area contributed by atoms with Crippen LogP contribution in [0, 0.1) is 12.7 Å². The molecule has 0 saturated carbocycles. The molecule has 1 N–H and O–H groups in total. The van der Waals surface area contributed by atoms with Crippen LogP contribution in [-0.4, -0.2) is 22.5 Å². The SMILES string of the molecule is Cc1nc(-c2cccnc2)sc1CNC(=O)COc1ccc(F)cc1. The molecule has 0 aliphatic rings. The Balaban J connectivity index is 1.53. The second-order valence-electron chi connectivity index (χ2n) is 5.29. The third-order valence-corrected chi connectivity index (χ3v) is 4.64. The van der Waals surface area contributed by atoms with Crippen LogP contribution < -0.4 is 10.1 Å². The minimum atomic E-state index is -0.345. The maximum absolute atomic E-state index is 12.8. The zero-order chi connectivity index (χ0) is 17.6. The van der Waals surface area contributed by atoms with Crippen molar-refractivity contribution in [2.45, 2.75) is 13.5 Å². The van der Waals surface area contributed by atoms with Crippen LogP contribution in [0.1, 0.15) is 10.6 Å². The molecule has 3 aromatic rings. The fourth-order valence-corrected chi connectivity index (χ4v) is 3.11. The smallest absolute Gasteiger partial charge is 0.258 e. The Morgan fingerprint density at radius 2 is 2.08 bits per heavy atom. The normalized spacial score (nSPS) is 10.5. The number of ether oxygens (including phenoxy) is 1. The molecule has 0 spiro atoms. The van der Waals surface area contributed by atoms with Crippen molar-refractivity contribution >= 4 is 17.2 Å². The van der Waals surface area contributed by atoms with Gasteiger partial charge in [0.1, 0.15) is 16.6 Å². The number of aromatic nitrogens is 2. The number of nitrogens with one attached hydrogen (secondary N) is 1. The topological polar surface area (TPSA) is 64.1 Å². The number of thiazole rings is 1. The van der Waals surface area contributed by atoms with Gasteiger partial charge in [-0.25, -0.2) is 9.37 Å². The van der Waals surface area contributed by atoms with E-state index in [9.17, 15) is 9.18 Å². The minimum Gasteiger partial charge on any atom is -0.484 e. The van der Waals surface area contributed by atoms with E-state index in [2.05, 4.69) is 15.3 Å². The standard InChI is InChI=1S/C18H16FN3O2S/c1-12-16(25-18(22-12)13-3-2-8-20-9-13)10-21-17(23)11-24-15-6-4-14(19)5-7-15/h2-9H,10-11H2,1H3,(H,21,23). The second-order valence-corrected chi connectivity index (χ2v) is 6.37. The van der Waals surface area contributed by atoms with Crippen molar-refractivity contribution in [3.05, 3.63) is 65.2 Å². The van der Waals surface area contributed by atoms with Gasteiger partial charge in [-0.15, -0.1) is 11.3 Å². The number of halogens is 1. The Morgan fingerprint density at radius 3 is 2.80 bits per heavy atom. The van der Waals surface area contributed by atoms with Crippen LogP contribution in [0.4, 0.5) is 4.39 Å². The predicted molar refractivity (Wildman–Crippen MR) is 93.8 cm³/mol. The van der Waals surface area contributed by atoms with Gasteiger partial charge in [-0.1, -0.05) is 0 Å². The highest BCUT2D eigenvalue weighted by Crippen LogP contribution is 2.27. The number of benzene rings is 1. The van der Waals surface area contributed by atoms with E-state index in [0.29, 0.717) is 12.3 Å². The number of aryl methyl sites for hydroxylation is 1. The Bertz CT molecular complexity index is 851. The maximum atomic E-state index is 12.8. The molecule has 0 saturated heterocycles. The van der Waals surface area contributed by atoms with Gasteiger partial charge in [-0.3, -0.25) is 9.78 Å². The molecule has 0 unspecified atom stereocenters. The van der Waals surface area contributed by atoms with Crippen molar-refractivity contribution in [1.29, 1.82) is 0 Å². The molecule has 0 bridgehead atoms. The maximum Gasteiger partial charge on any atom is 0.258 e. The molecule has 0 aliphatic carbocycles. The molecule has 0 fully saturated rings. The summed E-state index contributed by atoms with van der Waals surface area (Å²) >= 11 is 1.52. The van der Waals surface area contributed by atoms with E-state index in [1.54, 1.807) is 12.4 Å². The molecule has 1 amide bonds. The molecule has 128 valence electrons. The number of amides is 1. The molecule has 0 aliphatic heterocycles. The average molecular weight is 357 g/mol. The summed E-state index contributed by atoms with van der Waals surface area (Å²) in [5.74, 6) is -0.147. The largest absolute Gasteiger partial charge is 0.484 e. The Hall–Kier alpha value is -2.80. The first-order valence-corrected chi connectivity index (χ1v) is 8.45. The average Bonchev–Trinajstić information content (AvgIpc) is 3.01. The second kappa shape index (κ2) is 7.85. The monoisotopic (exact) mass is 357 g/mol. The highest BCUT2D eigenvalue weighted by atomic mass is 32.1. The first-order chi connectivity index (χ1) is 12.1. The number of hydrogen-bond acceptors (Lipinski definition) is 5. The molecule has 25 heavy (non-hydrogen) atoms. The molecule has 2 heterocycles. The summed E-state index contributed by atoms with van der Waals surface area (Å²) in [6.45, 7) is 2.17. The zero-order valence-corrected chi connectivity index (χ0v) is 14.3.